The van der Waals surface area contributed by atoms with E-state index >= 15 is 0 Å². The summed E-state index contributed by atoms with van der Waals surface area (Å²) in [5.74, 6) is -0.892. The van der Waals surface area contributed by atoms with Crippen LogP contribution in [0.1, 0.15) is 57.8 Å². The molecule has 6 nitrogen and oxygen atoms in total. The number of carboxylic acids is 1. The third kappa shape index (κ3) is 14.6. The van der Waals surface area contributed by atoms with Gasteiger partial charge in [-0.3, -0.25) is 14.4 Å². The Morgan fingerprint density at radius 3 is 1.95 bits per heavy atom. The Kier molecular flexibility index (Phi) is 12.9. The van der Waals surface area contributed by atoms with Crippen molar-refractivity contribution in [2.45, 2.75) is 57.8 Å². The Bertz CT molecular complexity index is 356. The molecule has 0 saturated heterocycles. The molecule has 6 heteroatoms. The lowest BCUT2D eigenvalue weighted by Gasteiger charge is -2.06. The molecule has 0 saturated carbocycles. The van der Waals surface area contributed by atoms with Gasteiger partial charge in [0.25, 0.3) is 0 Å². The first-order valence-corrected chi connectivity index (χ1v) is 7.95. The molecule has 0 bridgehead atoms. The number of nitrogens with one attached hydrogen (secondary N) is 2. The van der Waals surface area contributed by atoms with Crippen LogP contribution in [-0.2, 0) is 14.4 Å². The van der Waals surface area contributed by atoms with Crippen LogP contribution in [0.3, 0.4) is 0 Å². The molecule has 0 aromatic carbocycles. The number of carboxylic acid groups (broad SMARTS) is 1. The van der Waals surface area contributed by atoms with Gasteiger partial charge in [-0.05, 0) is 25.3 Å². The minimum Gasteiger partial charge on any atom is -0.481 e. The molecular formula is C16H28N2O4. The minimum absolute atomic E-state index is 0.0425. The second-order valence-corrected chi connectivity index (χ2v) is 5.21. The molecule has 0 aliphatic heterocycles. The van der Waals surface area contributed by atoms with Gasteiger partial charge in [0.15, 0.2) is 0 Å². The van der Waals surface area contributed by atoms with Crippen LogP contribution in [0.2, 0.25) is 0 Å². The first-order valence-electron chi connectivity index (χ1n) is 7.95. The predicted octanol–water partition coefficient (Wildman–Crippen LogP) is 2.00. The van der Waals surface area contributed by atoms with Crippen LogP contribution >= 0.6 is 0 Å². The van der Waals surface area contributed by atoms with Crippen LogP contribution in [0.25, 0.3) is 0 Å². The Balaban J connectivity index is 3.27. The molecule has 0 radical (unpaired) electrons. The second-order valence-electron chi connectivity index (χ2n) is 5.21. The lowest BCUT2D eigenvalue weighted by Crippen LogP contribution is -2.28. The second kappa shape index (κ2) is 14.1. The minimum atomic E-state index is -0.735. The van der Waals surface area contributed by atoms with Gasteiger partial charge < -0.3 is 15.7 Å². The Morgan fingerprint density at radius 2 is 1.36 bits per heavy atom. The van der Waals surface area contributed by atoms with Gasteiger partial charge in [0, 0.05) is 25.9 Å². The number of unbranched alkanes of at least 4 members (excludes halogenated alkanes) is 5. The summed E-state index contributed by atoms with van der Waals surface area (Å²) in [6.07, 6.45) is 8.29. The van der Waals surface area contributed by atoms with Crippen molar-refractivity contribution in [1.82, 2.24) is 10.6 Å². The zero-order chi connectivity index (χ0) is 16.6. The van der Waals surface area contributed by atoms with Gasteiger partial charge in [-0.25, -0.2) is 0 Å². The third-order valence-corrected chi connectivity index (χ3v) is 3.20. The summed E-state index contributed by atoms with van der Waals surface area (Å²) in [6, 6.07) is 0. The molecule has 0 aliphatic rings. The molecule has 0 rings (SSSR count). The van der Waals surface area contributed by atoms with E-state index < -0.39 is 5.97 Å². The number of aliphatic carboxylic acids is 1. The molecule has 0 unspecified atom stereocenters. The first-order chi connectivity index (χ1) is 10.6. The van der Waals surface area contributed by atoms with Crippen molar-refractivity contribution in [1.29, 1.82) is 0 Å². The van der Waals surface area contributed by atoms with Crippen LogP contribution in [0, 0.1) is 0 Å². The normalized spacial score (nSPS) is 10.0. The van der Waals surface area contributed by atoms with Gasteiger partial charge in [0.05, 0.1) is 0 Å². The first kappa shape index (κ1) is 20.1. The van der Waals surface area contributed by atoms with Crippen molar-refractivity contribution in [3.05, 3.63) is 12.7 Å². The fourth-order valence-electron chi connectivity index (χ4n) is 1.96. The van der Waals surface area contributed by atoms with E-state index in [0.29, 0.717) is 25.9 Å². The number of hydrogen-bond acceptors (Lipinski definition) is 3. The monoisotopic (exact) mass is 312 g/mol. The van der Waals surface area contributed by atoms with E-state index in [9.17, 15) is 14.4 Å². The average molecular weight is 312 g/mol. The number of rotatable bonds is 14. The zero-order valence-corrected chi connectivity index (χ0v) is 13.2. The predicted molar refractivity (Wildman–Crippen MR) is 85.4 cm³/mol. The SMILES string of the molecule is C=CC(=O)NCCCNC(=O)CCCCCCCCC(=O)O. The molecule has 3 N–H and O–H groups in total. The highest BCUT2D eigenvalue weighted by Crippen LogP contribution is 2.08. The van der Waals surface area contributed by atoms with Crippen molar-refractivity contribution >= 4 is 17.8 Å². The van der Waals surface area contributed by atoms with Crippen molar-refractivity contribution in [2.24, 2.45) is 0 Å². The van der Waals surface area contributed by atoms with Crippen molar-refractivity contribution in [2.75, 3.05) is 13.1 Å². The summed E-state index contributed by atoms with van der Waals surface area (Å²) >= 11 is 0. The van der Waals surface area contributed by atoms with E-state index in [4.69, 9.17) is 5.11 Å². The topological polar surface area (TPSA) is 95.5 Å². The van der Waals surface area contributed by atoms with E-state index in [-0.39, 0.29) is 18.2 Å². The maximum absolute atomic E-state index is 11.5. The molecule has 0 heterocycles. The number of carbonyl (C=O) groups is 3. The maximum atomic E-state index is 11.5. The molecular weight excluding hydrogens is 284 g/mol. The van der Waals surface area contributed by atoms with Gasteiger partial charge in [0.1, 0.15) is 0 Å². The number of hydrogen-bond donors (Lipinski definition) is 3. The molecule has 0 atom stereocenters. The van der Waals surface area contributed by atoms with E-state index in [1.165, 1.54) is 6.08 Å². The highest BCUT2D eigenvalue weighted by atomic mass is 16.4. The molecule has 0 spiro atoms. The average Bonchev–Trinajstić information content (AvgIpc) is 2.48. The molecule has 2 amide bonds. The van der Waals surface area contributed by atoms with Crippen LogP contribution in [0.15, 0.2) is 12.7 Å². The number of amides is 2. The van der Waals surface area contributed by atoms with Gasteiger partial charge in [0.2, 0.25) is 11.8 Å². The van der Waals surface area contributed by atoms with Crippen LogP contribution in [-0.4, -0.2) is 36.0 Å². The standard InChI is InChI=1S/C16H28N2O4/c1-2-14(19)17-12-9-13-18-15(20)10-7-5-3-4-6-8-11-16(21)22/h2H,1,3-13H2,(H,17,19)(H,18,20)(H,21,22). The van der Waals surface area contributed by atoms with E-state index in [1.807, 2.05) is 0 Å². The summed E-state index contributed by atoms with van der Waals surface area (Å²) in [6.45, 7) is 4.44. The molecule has 126 valence electrons. The zero-order valence-electron chi connectivity index (χ0n) is 13.2. The van der Waals surface area contributed by atoms with Crippen molar-refractivity contribution in [3.63, 3.8) is 0 Å². The summed E-state index contributed by atoms with van der Waals surface area (Å²) < 4.78 is 0. The van der Waals surface area contributed by atoms with E-state index in [0.717, 1.165) is 38.5 Å². The van der Waals surface area contributed by atoms with Crippen molar-refractivity contribution in [3.8, 4) is 0 Å². The van der Waals surface area contributed by atoms with Gasteiger partial charge in [-0.1, -0.05) is 32.3 Å². The van der Waals surface area contributed by atoms with Crippen LogP contribution in [0.4, 0.5) is 0 Å². The lowest BCUT2D eigenvalue weighted by atomic mass is 10.1. The Morgan fingerprint density at radius 1 is 0.818 bits per heavy atom. The van der Waals surface area contributed by atoms with Gasteiger partial charge in [-0.15, -0.1) is 0 Å². The fraction of sp³-hybridized carbons (Fsp3) is 0.688. The largest absolute Gasteiger partial charge is 0.481 e. The van der Waals surface area contributed by atoms with E-state index in [1.54, 1.807) is 0 Å². The highest BCUT2D eigenvalue weighted by molar-refractivity contribution is 5.86. The fourth-order valence-corrected chi connectivity index (χ4v) is 1.96. The Labute approximate surface area is 132 Å². The lowest BCUT2D eigenvalue weighted by molar-refractivity contribution is -0.137. The summed E-state index contributed by atoms with van der Waals surface area (Å²) in [5, 5.41) is 14.0. The highest BCUT2D eigenvalue weighted by Gasteiger charge is 2.01. The van der Waals surface area contributed by atoms with Crippen LogP contribution < -0.4 is 10.6 Å². The maximum Gasteiger partial charge on any atom is 0.303 e. The smallest absolute Gasteiger partial charge is 0.303 e. The summed E-state index contributed by atoms with van der Waals surface area (Å²) in [4.78, 5) is 32.7. The summed E-state index contributed by atoms with van der Waals surface area (Å²) in [5.41, 5.74) is 0. The van der Waals surface area contributed by atoms with E-state index in [2.05, 4.69) is 17.2 Å². The van der Waals surface area contributed by atoms with Gasteiger partial charge >= 0.3 is 5.97 Å². The third-order valence-electron chi connectivity index (χ3n) is 3.20. The quantitative estimate of drug-likeness (QED) is 0.338. The summed E-state index contributed by atoms with van der Waals surface area (Å²) in [7, 11) is 0. The Hall–Kier alpha value is -1.85. The molecule has 0 aliphatic carbocycles. The van der Waals surface area contributed by atoms with Crippen molar-refractivity contribution < 1.29 is 19.5 Å². The molecule has 0 aromatic heterocycles. The molecule has 22 heavy (non-hydrogen) atoms. The van der Waals surface area contributed by atoms with Crippen LogP contribution in [0.5, 0.6) is 0 Å². The van der Waals surface area contributed by atoms with Gasteiger partial charge in [-0.2, -0.15) is 0 Å². The molecule has 0 aromatic rings. The molecule has 0 fully saturated rings. The number of carbonyl (C=O) groups excluding carboxylic acids is 2.